The molecular formula is C22H18F6N6O2. The van der Waals surface area contributed by atoms with Gasteiger partial charge in [-0.1, -0.05) is 0 Å². The zero-order valence-corrected chi connectivity index (χ0v) is 18.3. The van der Waals surface area contributed by atoms with Gasteiger partial charge in [0.1, 0.15) is 23.4 Å². The fourth-order valence-electron chi connectivity index (χ4n) is 3.67. The van der Waals surface area contributed by atoms with Crippen LogP contribution in [0.4, 0.5) is 37.8 Å². The van der Waals surface area contributed by atoms with E-state index in [0.29, 0.717) is 11.1 Å². The van der Waals surface area contributed by atoms with Gasteiger partial charge in [-0.25, -0.2) is 15.0 Å². The van der Waals surface area contributed by atoms with E-state index in [4.69, 9.17) is 5.73 Å². The number of aromatic nitrogens is 3. The van der Waals surface area contributed by atoms with Crippen molar-refractivity contribution >= 4 is 17.4 Å². The summed E-state index contributed by atoms with van der Waals surface area (Å²) in [6, 6.07) is 5.92. The van der Waals surface area contributed by atoms with E-state index in [1.807, 2.05) is 0 Å². The highest BCUT2D eigenvalue weighted by Crippen LogP contribution is 2.39. The van der Waals surface area contributed by atoms with Gasteiger partial charge in [0.05, 0.1) is 5.56 Å². The summed E-state index contributed by atoms with van der Waals surface area (Å²) >= 11 is 0. The smallest absolute Gasteiger partial charge is 0.406 e. The number of hydrogen-bond acceptors (Lipinski definition) is 7. The number of halogens is 6. The molecule has 1 saturated heterocycles. The second-order valence-corrected chi connectivity index (χ2v) is 8.07. The van der Waals surface area contributed by atoms with Gasteiger partial charge in [-0.2, -0.15) is 13.2 Å². The molecule has 3 N–H and O–H groups in total. The Morgan fingerprint density at radius 2 is 1.72 bits per heavy atom. The van der Waals surface area contributed by atoms with Gasteiger partial charge in [0.2, 0.25) is 0 Å². The molecule has 0 aliphatic carbocycles. The average molecular weight is 512 g/mol. The number of ether oxygens (including phenoxy) is 1. The van der Waals surface area contributed by atoms with Crippen LogP contribution in [0.15, 0.2) is 55.2 Å². The van der Waals surface area contributed by atoms with Crippen LogP contribution >= 0.6 is 0 Å². The Hall–Kier alpha value is -3.94. The monoisotopic (exact) mass is 512 g/mol. The number of rotatable bonds is 5. The molecule has 3 heterocycles. The highest BCUT2D eigenvalue weighted by molar-refractivity contribution is 6.05. The number of nitrogens with two attached hydrogens (primary N) is 1. The van der Waals surface area contributed by atoms with Crippen molar-refractivity contribution in [3.05, 3.63) is 60.8 Å². The summed E-state index contributed by atoms with van der Waals surface area (Å²) in [6.45, 7) is -0.538. The van der Waals surface area contributed by atoms with Crippen LogP contribution in [-0.4, -0.2) is 52.0 Å². The first-order chi connectivity index (χ1) is 16.8. The summed E-state index contributed by atoms with van der Waals surface area (Å²) in [6.07, 6.45) is -4.51. The zero-order chi connectivity index (χ0) is 26.1. The first-order valence-electron chi connectivity index (χ1n) is 10.4. The van der Waals surface area contributed by atoms with Gasteiger partial charge in [-0.05, 0) is 36.8 Å². The van der Waals surface area contributed by atoms with Crippen LogP contribution in [0.25, 0.3) is 11.1 Å². The maximum Gasteiger partial charge on any atom is 0.573 e. The molecule has 1 fully saturated rings. The molecule has 190 valence electrons. The number of carbonyl (C=O) groups is 1. The molecule has 1 aliphatic rings. The molecule has 0 saturated carbocycles. The van der Waals surface area contributed by atoms with Gasteiger partial charge in [-0.3, -0.25) is 4.79 Å². The normalized spacial score (nSPS) is 18.2. The minimum absolute atomic E-state index is 0.0123. The Kier molecular flexibility index (Phi) is 6.47. The number of amides is 1. The number of carbonyl (C=O) groups excluding carboxylic acids is 1. The zero-order valence-electron chi connectivity index (χ0n) is 18.3. The highest BCUT2D eigenvalue weighted by atomic mass is 19.4. The molecule has 3 aromatic rings. The first kappa shape index (κ1) is 25.2. The van der Waals surface area contributed by atoms with Gasteiger partial charge in [0, 0.05) is 48.5 Å². The Labute approximate surface area is 200 Å². The Morgan fingerprint density at radius 3 is 2.31 bits per heavy atom. The maximum atomic E-state index is 13.4. The van der Waals surface area contributed by atoms with Crippen LogP contribution in [0.3, 0.4) is 0 Å². The highest BCUT2D eigenvalue weighted by Gasteiger charge is 2.55. The minimum atomic E-state index is -4.85. The molecule has 0 bridgehead atoms. The molecule has 2 aromatic heterocycles. The largest absolute Gasteiger partial charge is 0.573 e. The lowest BCUT2D eigenvalue weighted by Crippen LogP contribution is -2.55. The quantitative estimate of drug-likeness (QED) is 0.495. The summed E-state index contributed by atoms with van der Waals surface area (Å²) < 4.78 is 81.1. The molecule has 14 heteroatoms. The summed E-state index contributed by atoms with van der Waals surface area (Å²) in [5, 5.41) is 2.52. The van der Waals surface area contributed by atoms with Crippen LogP contribution in [0, 0.1) is 0 Å². The number of benzene rings is 1. The van der Waals surface area contributed by atoms with Crippen molar-refractivity contribution in [3.63, 3.8) is 0 Å². The lowest BCUT2D eigenvalue weighted by Gasteiger charge is -2.28. The molecule has 0 spiro atoms. The summed E-state index contributed by atoms with van der Waals surface area (Å²) in [5.41, 5.74) is 4.14. The van der Waals surface area contributed by atoms with Gasteiger partial charge in [0.15, 0.2) is 0 Å². The third-order valence-electron chi connectivity index (χ3n) is 5.51. The summed E-state index contributed by atoms with van der Waals surface area (Å²) in [7, 11) is 0. The van der Waals surface area contributed by atoms with Gasteiger partial charge in [-0.15, -0.1) is 13.2 Å². The predicted molar refractivity (Wildman–Crippen MR) is 116 cm³/mol. The predicted octanol–water partition coefficient (Wildman–Crippen LogP) is 4.16. The SMILES string of the molecule is NC1(C(F)(F)F)CCN(c2ncc(C(=O)Nc3ccc(OC(F)(F)F)cc3)cc2-c2cncnc2)C1. The molecule has 36 heavy (non-hydrogen) atoms. The van der Waals surface area contributed by atoms with Crippen molar-refractivity contribution < 1.29 is 35.9 Å². The number of nitrogens with one attached hydrogen (secondary N) is 1. The molecule has 0 radical (unpaired) electrons. The fourth-order valence-corrected chi connectivity index (χ4v) is 3.67. The first-order valence-corrected chi connectivity index (χ1v) is 10.4. The average Bonchev–Trinajstić information content (AvgIpc) is 3.23. The van der Waals surface area contributed by atoms with Crippen LogP contribution in [0.1, 0.15) is 16.8 Å². The van der Waals surface area contributed by atoms with E-state index in [1.165, 1.54) is 48.0 Å². The number of pyridine rings is 1. The van der Waals surface area contributed by atoms with Gasteiger partial charge < -0.3 is 20.7 Å². The van der Waals surface area contributed by atoms with Crippen LogP contribution in [-0.2, 0) is 0 Å². The lowest BCUT2D eigenvalue weighted by atomic mass is 10.00. The second kappa shape index (κ2) is 9.26. The van der Waals surface area contributed by atoms with E-state index in [9.17, 15) is 31.1 Å². The number of hydrogen-bond donors (Lipinski definition) is 2. The molecule has 8 nitrogen and oxygen atoms in total. The molecular weight excluding hydrogens is 494 g/mol. The Bertz CT molecular complexity index is 1240. The van der Waals surface area contributed by atoms with E-state index >= 15 is 0 Å². The number of anilines is 2. The molecule has 1 aromatic carbocycles. The molecule has 1 aliphatic heterocycles. The number of nitrogens with zero attached hydrogens (tertiary/aromatic N) is 4. The standard InChI is InChI=1S/C22H18F6N6O2/c23-21(24,25)20(29)5-6-34(11-20)18-17(14-8-30-12-31-9-14)7-13(10-32-18)19(35)33-15-1-3-16(4-2-15)36-22(26,27)28/h1-4,7-10,12H,5-6,11,29H2,(H,33,35). The van der Waals surface area contributed by atoms with Crippen LogP contribution in [0.5, 0.6) is 5.75 Å². The Morgan fingerprint density at radius 1 is 1.06 bits per heavy atom. The van der Waals surface area contributed by atoms with Crippen molar-refractivity contribution in [3.8, 4) is 16.9 Å². The lowest BCUT2D eigenvalue weighted by molar-refractivity contribution is -0.274. The van der Waals surface area contributed by atoms with Crippen molar-refractivity contribution in [2.75, 3.05) is 23.3 Å². The minimum Gasteiger partial charge on any atom is -0.406 e. The van der Waals surface area contributed by atoms with Crippen molar-refractivity contribution in [2.45, 2.75) is 24.5 Å². The third-order valence-corrected chi connectivity index (χ3v) is 5.51. The van der Waals surface area contributed by atoms with E-state index in [1.54, 1.807) is 0 Å². The molecule has 1 atom stereocenters. The van der Waals surface area contributed by atoms with E-state index in [-0.39, 0.29) is 30.0 Å². The molecule has 1 amide bonds. The summed E-state index contributed by atoms with van der Waals surface area (Å²) in [5.74, 6) is -0.938. The van der Waals surface area contributed by atoms with Crippen LogP contribution < -0.4 is 20.7 Å². The van der Waals surface area contributed by atoms with E-state index in [2.05, 4.69) is 25.0 Å². The van der Waals surface area contributed by atoms with Gasteiger partial charge in [0.25, 0.3) is 5.91 Å². The van der Waals surface area contributed by atoms with Crippen molar-refractivity contribution in [1.29, 1.82) is 0 Å². The fraction of sp³-hybridized carbons (Fsp3) is 0.273. The Balaban J connectivity index is 1.60. The third kappa shape index (κ3) is 5.48. The molecule has 1 unspecified atom stereocenters. The van der Waals surface area contributed by atoms with Crippen molar-refractivity contribution in [1.82, 2.24) is 15.0 Å². The van der Waals surface area contributed by atoms with Crippen molar-refractivity contribution in [2.24, 2.45) is 5.73 Å². The maximum absolute atomic E-state index is 13.4. The molecule has 4 rings (SSSR count). The van der Waals surface area contributed by atoms with E-state index < -0.39 is 36.3 Å². The number of alkyl halides is 6. The summed E-state index contributed by atoms with van der Waals surface area (Å²) in [4.78, 5) is 26.3. The van der Waals surface area contributed by atoms with E-state index in [0.717, 1.165) is 12.1 Å². The van der Waals surface area contributed by atoms with Gasteiger partial charge >= 0.3 is 12.5 Å². The second-order valence-electron chi connectivity index (χ2n) is 8.07. The van der Waals surface area contributed by atoms with Crippen LogP contribution in [0.2, 0.25) is 0 Å². The topological polar surface area (TPSA) is 106 Å².